The first kappa shape index (κ1) is 20.6. The second-order valence-corrected chi connectivity index (χ2v) is 6.41. The van der Waals surface area contributed by atoms with Crippen LogP contribution in [0, 0.1) is 0 Å². The van der Waals surface area contributed by atoms with Crippen molar-refractivity contribution in [2.45, 2.75) is 32.5 Å². The number of alkyl halides is 3. The fourth-order valence-electron chi connectivity index (χ4n) is 2.57. The molecular weight excluding hydrogens is 381 g/mol. The topological polar surface area (TPSA) is 44.2 Å². The summed E-state index contributed by atoms with van der Waals surface area (Å²) in [6.45, 7) is 2.67. The molecule has 0 atom stereocenters. The van der Waals surface area contributed by atoms with Gasteiger partial charge < -0.3 is 9.47 Å². The van der Waals surface area contributed by atoms with Crippen LogP contribution in [0.25, 0.3) is 11.4 Å². The molecule has 0 N–H and O–H groups in total. The number of unbranched alkanes of at least 4 members (excludes halogenated alkanes) is 1. The van der Waals surface area contributed by atoms with Crippen molar-refractivity contribution in [3.63, 3.8) is 0 Å². The minimum Gasteiger partial charge on any atom is -0.494 e. The molecule has 1 heterocycles. The van der Waals surface area contributed by atoms with Crippen molar-refractivity contribution >= 4 is 0 Å². The molecule has 152 valence electrons. The summed E-state index contributed by atoms with van der Waals surface area (Å²) < 4.78 is 51.0. The highest BCUT2D eigenvalue weighted by molar-refractivity contribution is 5.57. The van der Waals surface area contributed by atoms with E-state index in [1.165, 1.54) is 0 Å². The summed E-state index contributed by atoms with van der Waals surface area (Å²) in [6, 6.07) is 15.9. The highest BCUT2D eigenvalue weighted by atomic mass is 19.4. The lowest BCUT2D eigenvalue weighted by Crippen LogP contribution is -2.11. The van der Waals surface area contributed by atoms with Gasteiger partial charge in [0.15, 0.2) is 5.82 Å². The number of rotatable bonds is 8. The summed E-state index contributed by atoms with van der Waals surface area (Å²) in [7, 11) is 0. The minimum absolute atomic E-state index is 0.0232. The van der Waals surface area contributed by atoms with E-state index in [1.54, 1.807) is 48.5 Å². The van der Waals surface area contributed by atoms with E-state index in [2.05, 4.69) is 16.9 Å². The van der Waals surface area contributed by atoms with Crippen LogP contribution in [-0.2, 0) is 12.8 Å². The van der Waals surface area contributed by atoms with E-state index >= 15 is 0 Å². The van der Waals surface area contributed by atoms with Crippen LogP contribution in [0.15, 0.2) is 60.8 Å². The van der Waals surface area contributed by atoms with E-state index < -0.39 is 17.6 Å². The maximum absolute atomic E-state index is 13.3. The second-order valence-electron chi connectivity index (χ2n) is 6.41. The van der Waals surface area contributed by atoms with E-state index in [4.69, 9.17) is 9.47 Å². The standard InChI is InChI=1S/C22H21F3N2O2/c1-2-3-13-28-18-11-9-17(10-12-18)20-26-14-19(22(23,24)25)21(27-20)29-15-16-7-5-4-6-8-16/h4-12,14H,2-3,13,15H2,1H3. The number of benzene rings is 2. The molecule has 0 saturated heterocycles. The van der Waals surface area contributed by atoms with Crippen LogP contribution in [0.5, 0.6) is 11.6 Å². The van der Waals surface area contributed by atoms with Gasteiger partial charge in [-0.25, -0.2) is 4.98 Å². The van der Waals surface area contributed by atoms with E-state index in [1.807, 2.05) is 6.07 Å². The molecule has 3 aromatic rings. The van der Waals surface area contributed by atoms with Crippen LogP contribution >= 0.6 is 0 Å². The summed E-state index contributed by atoms with van der Waals surface area (Å²) >= 11 is 0. The Morgan fingerprint density at radius 1 is 0.931 bits per heavy atom. The maximum Gasteiger partial charge on any atom is 0.423 e. The van der Waals surface area contributed by atoms with E-state index in [0.29, 0.717) is 17.9 Å². The molecule has 29 heavy (non-hydrogen) atoms. The molecule has 7 heteroatoms. The summed E-state index contributed by atoms with van der Waals surface area (Å²) in [6.07, 6.45) is -1.87. The lowest BCUT2D eigenvalue weighted by atomic mass is 10.2. The number of aromatic nitrogens is 2. The molecule has 0 spiro atoms. The number of ether oxygens (including phenoxy) is 2. The molecule has 0 saturated carbocycles. The normalized spacial score (nSPS) is 11.3. The molecule has 4 nitrogen and oxygen atoms in total. The number of halogens is 3. The van der Waals surface area contributed by atoms with Crippen molar-refractivity contribution < 1.29 is 22.6 Å². The third kappa shape index (κ3) is 5.70. The lowest BCUT2D eigenvalue weighted by molar-refractivity contribution is -0.139. The van der Waals surface area contributed by atoms with Gasteiger partial charge in [0, 0.05) is 11.8 Å². The lowest BCUT2D eigenvalue weighted by Gasteiger charge is -2.14. The molecule has 0 aliphatic heterocycles. The Morgan fingerprint density at radius 2 is 1.66 bits per heavy atom. The van der Waals surface area contributed by atoms with Gasteiger partial charge in [-0.3, -0.25) is 0 Å². The second kappa shape index (κ2) is 9.41. The van der Waals surface area contributed by atoms with Crippen molar-refractivity contribution in [2.75, 3.05) is 6.61 Å². The number of hydrogen-bond donors (Lipinski definition) is 0. The molecule has 0 bridgehead atoms. The highest BCUT2D eigenvalue weighted by Gasteiger charge is 2.36. The monoisotopic (exact) mass is 402 g/mol. The van der Waals surface area contributed by atoms with E-state index in [9.17, 15) is 13.2 Å². The molecule has 0 aliphatic carbocycles. The molecule has 0 fully saturated rings. The Kier molecular flexibility index (Phi) is 6.69. The zero-order valence-electron chi connectivity index (χ0n) is 15.9. The molecule has 0 aliphatic rings. The molecule has 0 amide bonds. The van der Waals surface area contributed by atoms with Gasteiger partial charge in [-0.2, -0.15) is 18.2 Å². The summed E-state index contributed by atoms with van der Waals surface area (Å²) in [4.78, 5) is 7.92. The van der Waals surface area contributed by atoms with Crippen LogP contribution in [-0.4, -0.2) is 16.6 Å². The largest absolute Gasteiger partial charge is 0.494 e. The third-order valence-corrected chi connectivity index (χ3v) is 4.16. The third-order valence-electron chi connectivity index (χ3n) is 4.16. The quantitative estimate of drug-likeness (QED) is 0.439. The van der Waals surface area contributed by atoms with Crippen molar-refractivity contribution in [1.29, 1.82) is 0 Å². The summed E-state index contributed by atoms with van der Waals surface area (Å²) in [5, 5.41) is 0. The average Bonchev–Trinajstić information content (AvgIpc) is 2.73. The van der Waals surface area contributed by atoms with Crippen molar-refractivity contribution in [2.24, 2.45) is 0 Å². The van der Waals surface area contributed by atoms with Crippen LogP contribution in [0.4, 0.5) is 13.2 Å². The van der Waals surface area contributed by atoms with Gasteiger partial charge in [0.2, 0.25) is 5.88 Å². The zero-order valence-corrected chi connectivity index (χ0v) is 15.9. The SMILES string of the molecule is CCCCOc1ccc(-c2ncc(C(F)(F)F)c(OCc3ccccc3)n2)cc1. The number of hydrogen-bond acceptors (Lipinski definition) is 4. The Morgan fingerprint density at radius 3 is 2.31 bits per heavy atom. The van der Waals surface area contributed by atoms with Crippen LogP contribution in [0.3, 0.4) is 0 Å². The van der Waals surface area contributed by atoms with Gasteiger partial charge in [0.25, 0.3) is 0 Å². The van der Waals surface area contributed by atoms with E-state index in [0.717, 1.165) is 24.6 Å². The van der Waals surface area contributed by atoms with Crippen LogP contribution in [0.2, 0.25) is 0 Å². The molecule has 0 unspecified atom stereocenters. The molecule has 1 aromatic heterocycles. The Bertz CT molecular complexity index is 914. The highest BCUT2D eigenvalue weighted by Crippen LogP contribution is 2.36. The first-order chi connectivity index (χ1) is 14.0. The van der Waals surface area contributed by atoms with Gasteiger partial charge in [-0.15, -0.1) is 0 Å². The molecule has 0 radical (unpaired) electrons. The van der Waals surface area contributed by atoms with Crippen molar-refractivity contribution in [3.8, 4) is 23.0 Å². The molecule has 3 rings (SSSR count). The first-order valence-electron chi connectivity index (χ1n) is 9.31. The van der Waals surface area contributed by atoms with E-state index in [-0.39, 0.29) is 12.4 Å². The fourth-order valence-corrected chi connectivity index (χ4v) is 2.57. The van der Waals surface area contributed by atoms with Crippen LogP contribution in [0.1, 0.15) is 30.9 Å². The summed E-state index contributed by atoms with van der Waals surface area (Å²) in [5.41, 5.74) is 0.317. The fraction of sp³-hybridized carbons (Fsp3) is 0.273. The van der Waals surface area contributed by atoms with Crippen LogP contribution < -0.4 is 9.47 Å². The summed E-state index contributed by atoms with van der Waals surface area (Å²) in [5.74, 6) is 0.352. The Hall–Kier alpha value is -3.09. The smallest absolute Gasteiger partial charge is 0.423 e. The average molecular weight is 402 g/mol. The van der Waals surface area contributed by atoms with Crippen molar-refractivity contribution in [3.05, 3.63) is 71.9 Å². The zero-order chi connectivity index (χ0) is 20.7. The van der Waals surface area contributed by atoms with Crippen molar-refractivity contribution in [1.82, 2.24) is 9.97 Å². The Balaban J connectivity index is 1.82. The molecular formula is C22H21F3N2O2. The van der Waals surface area contributed by atoms with Gasteiger partial charge >= 0.3 is 6.18 Å². The van der Waals surface area contributed by atoms with Gasteiger partial charge in [0.1, 0.15) is 17.9 Å². The van der Waals surface area contributed by atoms with Gasteiger partial charge in [-0.05, 0) is 36.2 Å². The minimum atomic E-state index is -4.61. The molecule has 2 aromatic carbocycles. The first-order valence-corrected chi connectivity index (χ1v) is 9.31. The Labute approximate surface area is 167 Å². The number of nitrogens with zero attached hydrogens (tertiary/aromatic N) is 2. The predicted molar refractivity (Wildman–Crippen MR) is 104 cm³/mol. The maximum atomic E-state index is 13.3. The predicted octanol–water partition coefficient (Wildman–Crippen LogP) is 5.92. The van der Waals surface area contributed by atoms with Gasteiger partial charge in [-0.1, -0.05) is 43.7 Å². The van der Waals surface area contributed by atoms with Gasteiger partial charge in [0.05, 0.1) is 6.61 Å².